The Bertz CT molecular complexity index is 1730. The molecular weight excluding hydrogens is 1330 g/mol. The van der Waals surface area contributed by atoms with Gasteiger partial charge in [-0.25, -0.2) is 21.1 Å². The maximum absolute atomic E-state index is 10.1. The largest absolute Gasteiger partial charge is 0.510 e. The van der Waals surface area contributed by atoms with Gasteiger partial charge in [0.15, 0.2) is 0 Å². The second-order valence-corrected chi connectivity index (χ2v) is 11.9. The topological polar surface area (TPSA) is 147 Å². The number of nitriles is 1. The first-order chi connectivity index (χ1) is 25.9. The zero-order valence-corrected chi connectivity index (χ0v) is 45.1. The number of hydrogen-bond acceptors (Lipinski definition) is 12. The first-order valence-electron chi connectivity index (χ1n) is 16.8. The Hall–Kier alpha value is -4.41. The Morgan fingerprint density at radius 3 is 1.43 bits per heavy atom. The summed E-state index contributed by atoms with van der Waals surface area (Å²) in [5.41, 5.74) is 3.72. The smallest absolute Gasteiger partial charge is 0.354 e. The Balaban J connectivity index is -0.000000122. The van der Waals surface area contributed by atoms with Gasteiger partial charge in [-0.1, -0.05) is 24.0 Å². The van der Waals surface area contributed by atoms with Gasteiger partial charge in [-0.15, -0.1) is 17.4 Å². The van der Waals surface area contributed by atoms with Gasteiger partial charge in [-0.2, -0.15) is 80.3 Å². The van der Waals surface area contributed by atoms with Crippen molar-refractivity contribution in [3.63, 3.8) is 0 Å². The summed E-state index contributed by atoms with van der Waals surface area (Å²) in [5, 5.41) is 34.1. The third-order valence-electron chi connectivity index (χ3n) is 6.93. The molecule has 2 unspecified atom stereocenters. The molecule has 3 aliphatic heterocycles. The van der Waals surface area contributed by atoms with E-state index in [4.69, 9.17) is 20.6 Å². The van der Waals surface area contributed by atoms with Gasteiger partial charge < -0.3 is 94.3 Å². The third kappa shape index (κ3) is 28.8. The number of pyridine rings is 2. The van der Waals surface area contributed by atoms with Crippen molar-refractivity contribution in [1.82, 2.24) is 24.7 Å². The molecule has 5 heterocycles. The molecule has 3 N–H and O–H groups in total. The van der Waals surface area contributed by atoms with Crippen molar-refractivity contribution >= 4 is 23.0 Å². The Labute approximate surface area is 421 Å². The van der Waals surface area contributed by atoms with Gasteiger partial charge in [0, 0.05) is 72.6 Å². The molecule has 0 saturated carbocycles. The zero-order valence-electron chi connectivity index (χ0n) is 37.9. The fourth-order valence-electron chi connectivity index (χ4n) is 4.42. The average Bonchev–Trinajstić information content (AvgIpc) is 3.94. The first kappa shape index (κ1) is 73.0. The van der Waals surface area contributed by atoms with Crippen LogP contribution in [0.15, 0.2) is 123 Å². The third-order valence-corrected chi connectivity index (χ3v) is 6.93. The van der Waals surface area contributed by atoms with E-state index in [1.54, 1.807) is 50.5 Å². The van der Waals surface area contributed by atoms with Crippen LogP contribution in [-0.2, 0) is 60.3 Å². The molecule has 359 valence electrons. The van der Waals surface area contributed by atoms with E-state index in [9.17, 15) is 4.79 Å². The summed E-state index contributed by atoms with van der Waals surface area (Å²) in [6.45, 7) is 9.25. The molecule has 16 heteroatoms. The van der Waals surface area contributed by atoms with Crippen LogP contribution in [0.2, 0.25) is 0 Å². The van der Waals surface area contributed by atoms with Gasteiger partial charge in [0.05, 0.1) is 12.2 Å². The summed E-state index contributed by atoms with van der Waals surface area (Å²) in [5.74, 6) is -0.990. The van der Waals surface area contributed by atoms with Gasteiger partial charge in [0.25, 0.3) is 0 Å². The number of aromatic nitrogens is 2. The van der Waals surface area contributed by atoms with Crippen molar-refractivity contribution in [2.24, 2.45) is 0 Å². The fourth-order valence-corrected chi connectivity index (χ4v) is 4.42. The molecule has 0 amide bonds. The summed E-state index contributed by atoms with van der Waals surface area (Å²) in [7, 11) is 5.94. The number of carboxylic acid groups (broad SMARTS) is 1. The molecule has 3 aliphatic rings. The molecule has 0 aliphatic carbocycles. The van der Waals surface area contributed by atoms with Gasteiger partial charge >= 0.3 is 5.97 Å². The molecule has 0 fully saturated rings. The minimum Gasteiger partial charge on any atom is -0.510 e. The van der Waals surface area contributed by atoms with Gasteiger partial charge in [-0.05, 0) is 90.7 Å². The SMILES string of the molecule is CC(O)CC(C)O.CN1C=CN(c2[c-]cc(C#N)cc2)[CH-]1.CN1C=CN(c2[c-]cccc2)[CH-]1.CN1C=CN(c2[c-]cncc2)[CH-]1.O=C(O)c1ccccn1.[CH3-].[CH3-].[CH3-].[CH3-].[CH3-].[CH3-].[Ir].[Ir].[Ir]. The van der Waals surface area contributed by atoms with Crippen LogP contribution < -0.4 is 14.7 Å². The number of rotatable bonds is 6. The minimum absolute atomic E-state index is 0. The number of para-hydroxylation sites is 1. The van der Waals surface area contributed by atoms with Crippen LogP contribution in [0.3, 0.4) is 0 Å². The van der Waals surface area contributed by atoms with Crippen LogP contribution in [0.4, 0.5) is 17.1 Å². The monoisotopic (exact) mass is 1400 g/mol. The summed E-state index contributed by atoms with van der Waals surface area (Å²) in [6.07, 6.45) is 16.4. The van der Waals surface area contributed by atoms with Crippen LogP contribution in [0.5, 0.6) is 0 Å². The standard InChI is InChI=1S/C11H9N3.C10H10N2.C9H9N3.C6H5NO2.C5H12O2.6CH3.3Ir/c1-13-6-7-14(9-13)11-4-2-10(8-12)3-5-11;1-11-7-8-12(9-11)10-5-3-2-4-6-10;1-11-6-7-12(8-11)9-2-4-10-5-3-9;8-6(9)5-3-1-2-4-7-5;1-4(6)3-5(2)7;;;;;;;;;/h2-4,6-7,9H,1H3;2-5,7-9H,1H3;2,4-8H,1H3;1-4H,(H,8,9);4-7H,3H2,1-2H3;6*1H3;;;/q3*-2;;;6*-1;;;. The number of benzene rings is 2. The van der Waals surface area contributed by atoms with E-state index in [-0.39, 0.29) is 123 Å². The second kappa shape index (κ2) is 40.4. The maximum Gasteiger partial charge on any atom is 0.354 e. The van der Waals surface area contributed by atoms with E-state index in [0.717, 1.165) is 17.1 Å². The number of anilines is 3. The molecule has 4 aromatic rings. The van der Waals surface area contributed by atoms with Crippen molar-refractivity contribution in [2.75, 3.05) is 35.8 Å². The minimum atomic E-state index is -0.990. The van der Waals surface area contributed by atoms with Crippen molar-refractivity contribution in [1.29, 1.82) is 5.26 Å². The first-order valence-corrected chi connectivity index (χ1v) is 16.8. The molecule has 0 saturated heterocycles. The van der Waals surface area contributed by atoms with E-state index in [0.29, 0.717) is 12.0 Å². The van der Waals surface area contributed by atoms with Crippen LogP contribution in [0.25, 0.3) is 0 Å². The summed E-state index contributed by atoms with van der Waals surface area (Å²) in [6, 6.07) is 31.2. The van der Waals surface area contributed by atoms with Gasteiger partial charge in [-0.3, -0.25) is 0 Å². The van der Waals surface area contributed by atoms with Crippen molar-refractivity contribution in [2.45, 2.75) is 32.5 Å². The number of aliphatic hydroxyl groups excluding tert-OH is 2. The molecule has 2 atom stereocenters. The van der Waals surface area contributed by atoms with Crippen molar-refractivity contribution in [3.8, 4) is 6.07 Å². The number of hydrogen-bond donors (Lipinski definition) is 3. The molecule has 13 nitrogen and oxygen atoms in total. The zero-order chi connectivity index (χ0) is 39.3. The molecule has 2 aromatic carbocycles. The summed E-state index contributed by atoms with van der Waals surface area (Å²) >= 11 is 0. The average molecular weight is 1390 g/mol. The predicted molar refractivity (Wildman–Crippen MR) is 247 cm³/mol. The molecule has 63 heavy (non-hydrogen) atoms. The van der Waals surface area contributed by atoms with E-state index < -0.39 is 5.97 Å². The number of nitrogens with zero attached hydrogens (tertiary/aromatic N) is 9. The predicted octanol–water partition coefficient (Wildman–Crippen LogP) is 8.37. The van der Waals surface area contributed by atoms with Gasteiger partial charge in [0.1, 0.15) is 5.69 Å². The van der Waals surface area contributed by atoms with E-state index >= 15 is 0 Å². The van der Waals surface area contributed by atoms with E-state index in [1.807, 2.05) is 144 Å². The normalized spacial score (nSPS) is 12.6. The van der Waals surface area contributed by atoms with Gasteiger partial charge in [0.2, 0.25) is 0 Å². The van der Waals surface area contributed by atoms with Crippen LogP contribution in [0, 0.1) is 94.1 Å². The Morgan fingerprint density at radius 1 is 0.667 bits per heavy atom. The summed E-state index contributed by atoms with van der Waals surface area (Å²) < 4.78 is 0. The summed E-state index contributed by atoms with van der Waals surface area (Å²) in [4.78, 5) is 29.5. The number of carbonyl (C=O) groups is 1. The molecule has 3 radical (unpaired) electrons. The molecule has 2 aromatic heterocycles. The number of aromatic carboxylic acids is 1. The maximum atomic E-state index is 10.1. The second-order valence-electron chi connectivity index (χ2n) is 11.9. The van der Waals surface area contributed by atoms with E-state index in [1.165, 1.54) is 12.3 Å². The van der Waals surface area contributed by atoms with Crippen LogP contribution in [-0.4, -0.2) is 79.3 Å². The fraction of sp³-hybridized carbons (Fsp3) is 0.170. The Morgan fingerprint density at radius 2 is 1.14 bits per heavy atom. The van der Waals surface area contributed by atoms with Crippen molar-refractivity contribution < 1.29 is 80.4 Å². The molecule has 7 rings (SSSR count). The van der Waals surface area contributed by atoms with Crippen LogP contribution >= 0.6 is 0 Å². The van der Waals surface area contributed by atoms with Crippen LogP contribution in [0.1, 0.15) is 36.3 Å². The number of carboxylic acids is 1. The number of aliphatic hydroxyl groups is 2. The van der Waals surface area contributed by atoms with E-state index in [2.05, 4.69) is 34.2 Å². The molecule has 0 bridgehead atoms. The molecule has 0 spiro atoms. The van der Waals surface area contributed by atoms with Crippen molar-refractivity contribution in [3.05, 3.63) is 217 Å². The molecular formula is C47H63Ir3N9O4-12. The Kier molecular flexibility index (Phi) is 46.8. The quantitative estimate of drug-likeness (QED) is 0.159.